The summed E-state index contributed by atoms with van der Waals surface area (Å²) >= 11 is 0. The van der Waals surface area contributed by atoms with Gasteiger partial charge in [-0.05, 0) is 19.9 Å². The van der Waals surface area contributed by atoms with Crippen LogP contribution in [0.5, 0.6) is 11.5 Å². The topological polar surface area (TPSA) is 77.9 Å². The van der Waals surface area contributed by atoms with Crippen LogP contribution in [-0.4, -0.2) is 49.5 Å². The summed E-state index contributed by atoms with van der Waals surface area (Å²) in [5.74, 6) is 1.76. The second-order valence-corrected chi connectivity index (χ2v) is 6.33. The van der Waals surface area contributed by atoms with E-state index in [4.69, 9.17) is 14.2 Å². The minimum atomic E-state index is -0.162. The highest BCUT2D eigenvalue weighted by molar-refractivity contribution is 5.81. The largest absolute Gasteiger partial charge is 0.493 e. The van der Waals surface area contributed by atoms with Gasteiger partial charge in [-0.1, -0.05) is 0 Å². The summed E-state index contributed by atoms with van der Waals surface area (Å²) in [4.78, 5) is 21.3. The van der Waals surface area contributed by atoms with Crippen LogP contribution in [0.15, 0.2) is 16.9 Å². The maximum absolute atomic E-state index is 12.4. The second-order valence-electron chi connectivity index (χ2n) is 6.33. The fourth-order valence-electron chi connectivity index (χ4n) is 3.37. The minimum Gasteiger partial charge on any atom is -0.493 e. The third-order valence-corrected chi connectivity index (χ3v) is 4.29. The minimum absolute atomic E-state index is 0.162. The normalized spacial score (nSPS) is 24.1. The number of fused-ring (bicyclic) bond motifs is 1. The number of nitrogens with zero attached hydrogens (tertiary/aromatic N) is 1. The zero-order valence-corrected chi connectivity index (χ0v) is 14.5. The third-order valence-electron chi connectivity index (χ3n) is 4.29. The Kier molecular flexibility index (Phi) is 4.73. The lowest BCUT2D eigenvalue weighted by atomic mass is 10.2. The molecule has 2 N–H and O–H groups in total. The molecule has 0 spiro atoms. The van der Waals surface area contributed by atoms with Crippen molar-refractivity contribution in [3.63, 3.8) is 0 Å². The highest BCUT2D eigenvalue weighted by Crippen LogP contribution is 2.29. The van der Waals surface area contributed by atoms with Crippen molar-refractivity contribution in [1.82, 2.24) is 9.97 Å². The van der Waals surface area contributed by atoms with Crippen molar-refractivity contribution >= 4 is 10.9 Å². The summed E-state index contributed by atoms with van der Waals surface area (Å²) in [6.07, 6.45) is 0.417. The van der Waals surface area contributed by atoms with Crippen LogP contribution < -0.4 is 19.9 Å². The number of quaternary nitrogens is 1. The van der Waals surface area contributed by atoms with Crippen LogP contribution in [0.1, 0.15) is 19.7 Å². The van der Waals surface area contributed by atoms with Gasteiger partial charge < -0.3 is 24.1 Å². The van der Waals surface area contributed by atoms with Crippen LogP contribution in [0.2, 0.25) is 0 Å². The predicted molar refractivity (Wildman–Crippen MR) is 89.9 cm³/mol. The number of H-pyrrole nitrogens is 1. The van der Waals surface area contributed by atoms with Crippen molar-refractivity contribution in [2.45, 2.75) is 32.6 Å². The third kappa shape index (κ3) is 3.37. The Morgan fingerprint density at radius 2 is 1.83 bits per heavy atom. The van der Waals surface area contributed by atoms with Gasteiger partial charge in [-0.2, -0.15) is 0 Å². The average Bonchev–Trinajstić information content (AvgIpc) is 2.52. The van der Waals surface area contributed by atoms with Crippen molar-refractivity contribution < 1.29 is 19.1 Å². The van der Waals surface area contributed by atoms with Gasteiger partial charge in [-0.15, -0.1) is 0 Å². The van der Waals surface area contributed by atoms with Crippen molar-refractivity contribution in [3.8, 4) is 11.5 Å². The highest BCUT2D eigenvalue weighted by Gasteiger charge is 2.26. The van der Waals surface area contributed by atoms with Crippen LogP contribution in [-0.2, 0) is 11.3 Å². The molecule has 0 amide bonds. The molecule has 24 heavy (non-hydrogen) atoms. The number of morpholine rings is 1. The average molecular weight is 334 g/mol. The molecule has 1 aromatic carbocycles. The lowest BCUT2D eigenvalue weighted by molar-refractivity contribution is -0.928. The van der Waals surface area contributed by atoms with E-state index in [-0.39, 0.29) is 17.8 Å². The quantitative estimate of drug-likeness (QED) is 0.831. The Morgan fingerprint density at radius 1 is 1.21 bits per heavy atom. The Labute approximate surface area is 140 Å². The maximum Gasteiger partial charge on any atom is 0.259 e. The zero-order chi connectivity index (χ0) is 17.3. The van der Waals surface area contributed by atoms with Crippen LogP contribution >= 0.6 is 0 Å². The highest BCUT2D eigenvalue weighted by atomic mass is 16.5. The van der Waals surface area contributed by atoms with E-state index in [2.05, 4.69) is 23.8 Å². The van der Waals surface area contributed by atoms with E-state index in [1.807, 2.05) is 0 Å². The summed E-state index contributed by atoms with van der Waals surface area (Å²) in [6, 6.07) is 3.41. The Balaban J connectivity index is 1.93. The Bertz CT molecular complexity index is 779. The molecular weight excluding hydrogens is 310 g/mol. The standard InChI is InChI=1S/C17H23N3O4/c1-10-7-20(8-11(2)24-10)9-16-18-13-6-15(23-4)14(22-3)5-12(13)17(21)19-16/h5-6,10-11H,7-9H2,1-4H3,(H,18,19,21)/p+1/t10-,11-/m1/s1. The second kappa shape index (κ2) is 6.78. The van der Waals surface area contributed by atoms with E-state index in [9.17, 15) is 4.79 Å². The molecule has 2 atom stereocenters. The van der Waals surface area contributed by atoms with Crippen molar-refractivity contribution in [2.24, 2.45) is 0 Å². The number of benzene rings is 1. The van der Waals surface area contributed by atoms with Gasteiger partial charge in [0.2, 0.25) is 0 Å². The number of nitrogens with one attached hydrogen (secondary N) is 2. The molecule has 0 unspecified atom stereocenters. The zero-order valence-electron chi connectivity index (χ0n) is 14.5. The summed E-state index contributed by atoms with van der Waals surface area (Å²) < 4.78 is 16.3. The lowest BCUT2D eigenvalue weighted by Gasteiger charge is -2.32. The Morgan fingerprint density at radius 3 is 2.46 bits per heavy atom. The van der Waals surface area contributed by atoms with Gasteiger partial charge in [0.25, 0.3) is 5.56 Å². The predicted octanol–water partition coefficient (Wildman–Crippen LogP) is 0.132. The molecular formula is C17H24N3O4+. The monoisotopic (exact) mass is 334 g/mol. The number of aromatic amines is 1. The van der Waals surface area contributed by atoms with Gasteiger partial charge >= 0.3 is 0 Å². The number of aromatic nitrogens is 2. The van der Waals surface area contributed by atoms with Crippen LogP contribution in [0.3, 0.4) is 0 Å². The fraction of sp³-hybridized carbons (Fsp3) is 0.529. The molecule has 1 saturated heterocycles. The molecule has 130 valence electrons. The van der Waals surface area contributed by atoms with Crippen molar-refractivity contribution in [1.29, 1.82) is 0 Å². The van der Waals surface area contributed by atoms with E-state index in [0.717, 1.165) is 13.1 Å². The van der Waals surface area contributed by atoms with Gasteiger partial charge in [-0.3, -0.25) is 4.79 Å². The lowest BCUT2D eigenvalue weighted by Crippen LogP contribution is -3.14. The summed E-state index contributed by atoms with van der Waals surface area (Å²) in [6.45, 7) is 6.61. The van der Waals surface area contributed by atoms with Crippen LogP contribution in [0, 0.1) is 0 Å². The first-order valence-electron chi connectivity index (χ1n) is 8.14. The number of hydrogen-bond donors (Lipinski definition) is 2. The fourth-order valence-corrected chi connectivity index (χ4v) is 3.37. The molecule has 1 aliphatic rings. The van der Waals surface area contributed by atoms with E-state index in [0.29, 0.717) is 34.8 Å². The summed E-state index contributed by atoms with van der Waals surface area (Å²) in [5.41, 5.74) is 0.449. The van der Waals surface area contributed by atoms with Gasteiger partial charge in [0.05, 0.1) is 25.1 Å². The van der Waals surface area contributed by atoms with Crippen molar-refractivity contribution in [2.75, 3.05) is 27.3 Å². The van der Waals surface area contributed by atoms with Crippen LogP contribution in [0.4, 0.5) is 0 Å². The van der Waals surface area contributed by atoms with Gasteiger partial charge in [0.1, 0.15) is 31.8 Å². The molecule has 1 aromatic heterocycles. The first-order chi connectivity index (χ1) is 11.5. The van der Waals surface area contributed by atoms with Gasteiger partial charge in [0.15, 0.2) is 17.3 Å². The number of ether oxygens (including phenoxy) is 3. The molecule has 3 rings (SSSR count). The van der Waals surface area contributed by atoms with E-state index in [1.54, 1.807) is 26.4 Å². The smallest absolute Gasteiger partial charge is 0.259 e. The Hall–Kier alpha value is -2.12. The van der Waals surface area contributed by atoms with Gasteiger partial charge in [-0.25, -0.2) is 4.98 Å². The molecule has 0 aliphatic carbocycles. The summed E-state index contributed by atoms with van der Waals surface area (Å²) in [5, 5.41) is 0.495. The van der Waals surface area contributed by atoms with Gasteiger partial charge in [0, 0.05) is 6.07 Å². The van der Waals surface area contributed by atoms with E-state index < -0.39 is 0 Å². The molecule has 0 saturated carbocycles. The summed E-state index contributed by atoms with van der Waals surface area (Å²) in [7, 11) is 3.11. The van der Waals surface area contributed by atoms with Crippen molar-refractivity contribution in [3.05, 3.63) is 28.3 Å². The maximum atomic E-state index is 12.4. The molecule has 2 aromatic rings. The molecule has 1 fully saturated rings. The first kappa shape index (κ1) is 16.7. The molecule has 0 bridgehead atoms. The SMILES string of the molecule is COc1cc2nc(C[NH+]3C[C@@H](C)O[C@H](C)C3)[nH]c(=O)c2cc1OC. The van der Waals surface area contributed by atoms with Crippen LogP contribution in [0.25, 0.3) is 10.9 Å². The van der Waals surface area contributed by atoms with E-state index >= 15 is 0 Å². The number of hydrogen-bond acceptors (Lipinski definition) is 5. The number of rotatable bonds is 4. The molecule has 2 heterocycles. The molecule has 0 radical (unpaired) electrons. The van der Waals surface area contributed by atoms with E-state index in [1.165, 1.54) is 4.90 Å². The molecule has 7 nitrogen and oxygen atoms in total. The first-order valence-corrected chi connectivity index (χ1v) is 8.14. The number of methoxy groups -OCH3 is 2. The molecule has 1 aliphatic heterocycles. The molecule has 7 heteroatoms.